The van der Waals surface area contributed by atoms with Crippen molar-refractivity contribution in [2.24, 2.45) is 5.41 Å². The van der Waals surface area contributed by atoms with E-state index in [4.69, 9.17) is 9.84 Å². The topological polar surface area (TPSA) is 58.6 Å². The van der Waals surface area contributed by atoms with Crippen LogP contribution in [-0.4, -0.2) is 17.8 Å². The molecule has 1 heterocycles. The van der Waals surface area contributed by atoms with Crippen molar-refractivity contribution in [2.45, 2.75) is 26.1 Å². The normalized spacial score (nSPS) is 18.4. The van der Waals surface area contributed by atoms with Crippen LogP contribution in [0, 0.1) is 11.2 Å². The lowest BCUT2D eigenvalue weighted by Crippen LogP contribution is -2.43. The van der Waals surface area contributed by atoms with Gasteiger partial charge in [-0.3, -0.25) is 0 Å². The van der Waals surface area contributed by atoms with Crippen LogP contribution >= 0.6 is 0 Å². The zero-order valence-electron chi connectivity index (χ0n) is 14.5. The van der Waals surface area contributed by atoms with Gasteiger partial charge in [-0.2, -0.15) is 13.2 Å². The van der Waals surface area contributed by atoms with Crippen molar-refractivity contribution >= 4 is 6.09 Å². The Morgan fingerprint density at radius 1 is 1.22 bits per heavy atom. The Hall–Kier alpha value is -2.77. The summed E-state index contributed by atoms with van der Waals surface area (Å²) in [6.07, 6.45) is -5.81. The van der Waals surface area contributed by atoms with E-state index in [-0.39, 0.29) is 12.2 Å². The van der Waals surface area contributed by atoms with Crippen molar-refractivity contribution in [3.05, 3.63) is 53.3 Å². The maximum absolute atomic E-state index is 14.2. The molecule has 1 aliphatic rings. The molecule has 1 aliphatic heterocycles. The second-order valence-electron chi connectivity index (χ2n) is 7.10. The number of rotatable bonds is 2. The Bertz CT molecular complexity index is 893. The number of hydrogen-bond acceptors (Lipinski definition) is 2. The molecule has 27 heavy (non-hydrogen) atoms. The van der Waals surface area contributed by atoms with Gasteiger partial charge in [-0.1, -0.05) is 32.0 Å². The molecule has 0 bridgehead atoms. The molecule has 0 saturated heterocycles. The molecule has 8 heteroatoms. The van der Waals surface area contributed by atoms with Crippen molar-refractivity contribution in [2.75, 3.05) is 6.61 Å². The fraction of sp³-hybridized carbons (Fsp3) is 0.316. The van der Waals surface area contributed by atoms with Gasteiger partial charge in [0.05, 0.1) is 18.2 Å². The molecule has 2 aromatic carbocycles. The fourth-order valence-corrected chi connectivity index (χ4v) is 3.16. The van der Waals surface area contributed by atoms with Crippen LogP contribution in [0.1, 0.15) is 31.0 Å². The third kappa shape index (κ3) is 3.70. The summed E-state index contributed by atoms with van der Waals surface area (Å²) in [5.74, 6) is -0.633. The van der Waals surface area contributed by atoms with Crippen LogP contribution < -0.4 is 10.1 Å². The van der Waals surface area contributed by atoms with E-state index in [2.05, 4.69) is 5.32 Å². The molecule has 1 atom stereocenters. The lowest BCUT2D eigenvalue weighted by Gasteiger charge is -2.39. The Balaban J connectivity index is 2.01. The average Bonchev–Trinajstić information content (AvgIpc) is 2.56. The zero-order valence-corrected chi connectivity index (χ0v) is 14.5. The quantitative estimate of drug-likeness (QED) is 0.698. The van der Waals surface area contributed by atoms with Crippen LogP contribution in [0.15, 0.2) is 36.4 Å². The van der Waals surface area contributed by atoms with Crippen LogP contribution in [0.25, 0.3) is 11.1 Å². The van der Waals surface area contributed by atoms with Crippen molar-refractivity contribution in [3.8, 4) is 16.9 Å². The standard InChI is InChI=1S/C19H17F4NO3/c1-18(2)9-27-15-7-10(3-5-13(15)16(18)24-17(25)26)12-6-4-11(8-14(12)20)19(21,22)23/h3-8,16,24H,9H2,1-2H3,(H,25,26). The van der Waals surface area contributed by atoms with E-state index >= 15 is 0 Å². The van der Waals surface area contributed by atoms with Crippen LogP contribution in [-0.2, 0) is 6.18 Å². The molecule has 0 saturated carbocycles. The van der Waals surface area contributed by atoms with Crippen molar-refractivity contribution < 1.29 is 32.2 Å². The van der Waals surface area contributed by atoms with Gasteiger partial charge in [0, 0.05) is 16.5 Å². The number of carbonyl (C=O) groups is 1. The number of ether oxygens (including phenoxy) is 1. The molecule has 0 spiro atoms. The summed E-state index contributed by atoms with van der Waals surface area (Å²) in [6.45, 7) is 3.92. The lowest BCUT2D eigenvalue weighted by molar-refractivity contribution is -0.137. The summed E-state index contributed by atoms with van der Waals surface area (Å²) < 4.78 is 58.1. The number of hydrogen-bond donors (Lipinski definition) is 2. The molecule has 1 amide bonds. The first-order valence-electron chi connectivity index (χ1n) is 8.12. The summed E-state index contributed by atoms with van der Waals surface area (Å²) in [6, 6.07) is 6.44. The van der Waals surface area contributed by atoms with Gasteiger partial charge in [-0.25, -0.2) is 9.18 Å². The Labute approximate surface area is 152 Å². The van der Waals surface area contributed by atoms with Crippen LogP contribution in [0.4, 0.5) is 22.4 Å². The van der Waals surface area contributed by atoms with Crippen LogP contribution in [0.2, 0.25) is 0 Å². The molecule has 2 N–H and O–H groups in total. The lowest BCUT2D eigenvalue weighted by atomic mass is 9.78. The van der Waals surface area contributed by atoms with E-state index in [9.17, 15) is 22.4 Å². The summed E-state index contributed by atoms with van der Waals surface area (Å²) >= 11 is 0. The van der Waals surface area contributed by atoms with Crippen LogP contribution in [0.3, 0.4) is 0 Å². The molecule has 4 nitrogen and oxygen atoms in total. The average molecular weight is 383 g/mol. The summed E-state index contributed by atoms with van der Waals surface area (Å²) in [4.78, 5) is 11.1. The largest absolute Gasteiger partial charge is 0.493 e. The Morgan fingerprint density at radius 2 is 1.93 bits per heavy atom. The number of halogens is 4. The second kappa shape index (κ2) is 6.44. The van der Waals surface area contributed by atoms with E-state index < -0.39 is 35.1 Å². The second-order valence-corrected chi connectivity index (χ2v) is 7.10. The van der Waals surface area contributed by atoms with E-state index in [1.54, 1.807) is 6.07 Å². The minimum absolute atomic E-state index is 0.00183. The van der Waals surface area contributed by atoms with Gasteiger partial charge in [-0.05, 0) is 23.8 Å². The molecule has 3 rings (SSSR count). The molecular weight excluding hydrogens is 366 g/mol. The number of fused-ring (bicyclic) bond motifs is 1. The first-order chi connectivity index (χ1) is 12.5. The maximum atomic E-state index is 14.2. The highest BCUT2D eigenvalue weighted by Crippen LogP contribution is 2.44. The minimum Gasteiger partial charge on any atom is -0.493 e. The van der Waals surface area contributed by atoms with Crippen LogP contribution in [0.5, 0.6) is 5.75 Å². The van der Waals surface area contributed by atoms with Gasteiger partial charge in [-0.15, -0.1) is 0 Å². The number of benzene rings is 2. The first-order valence-corrected chi connectivity index (χ1v) is 8.12. The van der Waals surface area contributed by atoms with E-state index in [0.717, 1.165) is 12.1 Å². The number of amides is 1. The summed E-state index contributed by atoms with van der Waals surface area (Å²) in [5, 5.41) is 11.6. The van der Waals surface area contributed by atoms with Gasteiger partial charge in [0.2, 0.25) is 0 Å². The molecule has 1 unspecified atom stereocenters. The van der Waals surface area contributed by atoms with Crippen molar-refractivity contribution in [1.82, 2.24) is 5.32 Å². The number of alkyl halides is 3. The minimum atomic E-state index is -4.63. The molecule has 0 fully saturated rings. The van der Waals surface area contributed by atoms with Gasteiger partial charge >= 0.3 is 12.3 Å². The van der Waals surface area contributed by atoms with Crippen molar-refractivity contribution in [3.63, 3.8) is 0 Å². The molecule has 144 valence electrons. The van der Waals surface area contributed by atoms with Crippen molar-refractivity contribution in [1.29, 1.82) is 0 Å². The monoisotopic (exact) mass is 383 g/mol. The molecule has 0 aromatic heterocycles. The van der Waals surface area contributed by atoms with E-state index in [0.29, 0.717) is 22.9 Å². The number of carboxylic acid groups (broad SMARTS) is 1. The Morgan fingerprint density at radius 3 is 2.52 bits per heavy atom. The van der Waals surface area contributed by atoms with E-state index in [1.807, 2.05) is 13.8 Å². The smallest absolute Gasteiger partial charge is 0.416 e. The zero-order chi connectivity index (χ0) is 20.0. The molecule has 2 aromatic rings. The summed E-state index contributed by atoms with van der Waals surface area (Å²) in [7, 11) is 0. The predicted octanol–water partition coefficient (Wildman–Crippen LogP) is 5.24. The van der Waals surface area contributed by atoms with Gasteiger partial charge < -0.3 is 15.2 Å². The molecule has 0 radical (unpaired) electrons. The first kappa shape index (κ1) is 19.0. The van der Waals surface area contributed by atoms with Gasteiger partial charge in [0.25, 0.3) is 0 Å². The fourth-order valence-electron chi connectivity index (χ4n) is 3.16. The predicted molar refractivity (Wildman–Crippen MR) is 90.0 cm³/mol. The third-order valence-corrected chi connectivity index (χ3v) is 4.58. The number of nitrogens with one attached hydrogen (secondary N) is 1. The maximum Gasteiger partial charge on any atom is 0.416 e. The van der Waals surface area contributed by atoms with Gasteiger partial charge in [0.15, 0.2) is 0 Å². The third-order valence-electron chi connectivity index (χ3n) is 4.58. The Kier molecular flexibility index (Phi) is 4.53. The highest BCUT2D eigenvalue weighted by molar-refractivity contribution is 5.69. The molecular formula is C19H17F4NO3. The van der Waals surface area contributed by atoms with E-state index in [1.165, 1.54) is 12.1 Å². The van der Waals surface area contributed by atoms with Gasteiger partial charge in [0.1, 0.15) is 11.6 Å². The highest BCUT2D eigenvalue weighted by Gasteiger charge is 2.39. The SMILES string of the molecule is CC1(C)COc2cc(-c3ccc(C(F)(F)F)cc3F)ccc2C1NC(=O)O. The highest BCUT2D eigenvalue weighted by atomic mass is 19.4. The molecule has 0 aliphatic carbocycles. The summed E-state index contributed by atoms with van der Waals surface area (Å²) in [5.41, 5.74) is -0.641.